The Balaban J connectivity index is 1.88. The van der Waals surface area contributed by atoms with E-state index in [0.29, 0.717) is 22.9 Å². The van der Waals surface area contributed by atoms with Crippen LogP contribution in [0.25, 0.3) is 0 Å². The van der Waals surface area contributed by atoms with Gasteiger partial charge in [0.1, 0.15) is 0 Å². The number of anilines is 1. The second-order valence-electron chi connectivity index (χ2n) is 7.12. The van der Waals surface area contributed by atoms with E-state index in [1.54, 1.807) is 24.3 Å². The molecule has 1 N–H and O–H groups in total. The Bertz CT molecular complexity index is 1200. The molecule has 0 spiro atoms. The minimum atomic E-state index is -4.02. The van der Waals surface area contributed by atoms with Crippen molar-refractivity contribution in [1.29, 1.82) is 0 Å². The second-order valence-corrected chi connectivity index (χ2v) is 9.46. The second kappa shape index (κ2) is 11.2. The molecule has 0 heterocycles. The Morgan fingerprint density at radius 3 is 2.27 bits per heavy atom. The first-order chi connectivity index (χ1) is 15.8. The Hall–Kier alpha value is -3.07. The molecule has 3 rings (SSSR count). The zero-order valence-corrected chi connectivity index (χ0v) is 19.9. The molecule has 0 bridgehead atoms. The quantitative estimate of drug-likeness (QED) is 0.461. The van der Waals surface area contributed by atoms with Gasteiger partial charge in [0.2, 0.25) is 15.9 Å². The van der Waals surface area contributed by atoms with Gasteiger partial charge in [0.05, 0.1) is 36.4 Å². The largest absolute Gasteiger partial charge is 0.493 e. The average molecular weight is 489 g/mol. The molecule has 3 aromatic rings. The minimum absolute atomic E-state index is 0.00115. The minimum Gasteiger partial charge on any atom is -0.493 e. The van der Waals surface area contributed by atoms with Gasteiger partial charge in [-0.1, -0.05) is 54.1 Å². The molecule has 0 aliphatic rings. The number of halogens is 1. The number of benzene rings is 3. The van der Waals surface area contributed by atoms with Crippen molar-refractivity contribution in [3.05, 3.63) is 83.4 Å². The van der Waals surface area contributed by atoms with Gasteiger partial charge in [-0.2, -0.15) is 4.31 Å². The van der Waals surface area contributed by atoms with E-state index >= 15 is 0 Å². The van der Waals surface area contributed by atoms with Gasteiger partial charge in [0, 0.05) is 12.6 Å². The van der Waals surface area contributed by atoms with Gasteiger partial charge in [-0.15, -0.1) is 0 Å². The zero-order chi connectivity index (χ0) is 23.8. The smallest absolute Gasteiger partial charge is 0.243 e. The summed E-state index contributed by atoms with van der Waals surface area (Å²) in [6.45, 7) is -0.272. The van der Waals surface area contributed by atoms with E-state index in [1.165, 1.54) is 32.4 Å². The predicted molar refractivity (Wildman–Crippen MR) is 129 cm³/mol. The maximum absolute atomic E-state index is 13.5. The summed E-state index contributed by atoms with van der Waals surface area (Å²) >= 11 is 6.12. The van der Waals surface area contributed by atoms with Crippen LogP contribution in [-0.2, 0) is 21.2 Å². The first-order valence-corrected chi connectivity index (χ1v) is 12.0. The number of sulfonamides is 1. The van der Waals surface area contributed by atoms with Crippen molar-refractivity contribution >= 4 is 33.2 Å². The fraction of sp³-hybridized carbons (Fsp3) is 0.208. The van der Waals surface area contributed by atoms with E-state index in [2.05, 4.69) is 5.32 Å². The Labute approximate surface area is 198 Å². The third-order valence-electron chi connectivity index (χ3n) is 4.95. The predicted octanol–water partition coefficient (Wildman–Crippen LogP) is 4.23. The van der Waals surface area contributed by atoms with Crippen LogP contribution in [0.5, 0.6) is 11.5 Å². The molecule has 0 atom stereocenters. The normalized spacial score (nSPS) is 11.3. The average Bonchev–Trinajstić information content (AvgIpc) is 2.83. The number of methoxy groups -OCH3 is 2. The molecule has 0 aliphatic carbocycles. The SMILES string of the molecule is COc1ccc(S(=O)(=O)N(CCc2ccccc2)CC(=O)Nc2ccccc2Cl)cc1OC. The first-order valence-electron chi connectivity index (χ1n) is 10.2. The lowest BCUT2D eigenvalue weighted by Crippen LogP contribution is -2.39. The molecule has 174 valence electrons. The summed E-state index contributed by atoms with van der Waals surface area (Å²) in [6.07, 6.45) is 0.437. The van der Waals surface area contributed by atoms with Crippen LogP contribution in [0.2, 0.25) is 5.02 Å². The van der Waals surface area contributed by atoms with E-state index in [4.69, 9.17) is 21.1 Å². The van der Waals surface area contributed by atoms with Crippen LogP contribution in [0.4, 0.5) is 5.69 Å². The van der Waals surface area contributed by atoms with E-state index in [-0.39, 0.29) is 23.7 Å². The number of rotatable bonds is 10. The van der Waals surface area contributed by atoms with Crippen LogP contribution in [0.15, 0.2) is 77.7 Å². The summed E-state index contributed by atoms with van der Waals surface area (Å²) in [7, 11) is -1.12. The van der Waals surface area contributed by atoms with Crippen molar-refractivity contribution < 1.29 is 22.7 Å². The molecule has 0 saturated carbocycles. The van der Waals surface area contributed by atoms with Crippen molar-refractivity contribution in [1.82, 2.24) is 4.31 Å². The van der Waals surface area contributed by atoms with Crippen molar-refractivity contribution in [3.8, 4) is 11.5 Å². The van der Waals surface area contributed by atoms with E-state index in [0.717, 1.165) is 9.87 Å². The summed E-state index contributed by atoms with van der Waals surface area (Å²) in [5.74, 6) is 0.186. The number of hydrogen-bond acceptors (Lipinski definition) is 5. The van der Waals surface area contributed by atoms with Crippen molar-refractivity contribution in [3.63, 3.8) is 0 Å². The third-order valence-corrected chi connectivity index (χ3v) is 7.12. The number of ether oxygens (including phenoxy) is 2. The summed E-state index contributed by atoms with van der Waals surface area (Å²) in [5.41, 5.74) is 1.37. The molecule has 3 aromatic carbocycles. The van der Waals surface area contributed by atoms with E-state index < -0.39 is 15.9 Å². The molecule has 0 aromatic heterocycles. The monoisotopic (exact) mass is 488 g/mol. The van der Waals surface area contributed by atoms with Gasteiger partial charge >= 0.3 is 0 Å². The van der Waals surface area contributed by atoms with Crippen LogP contribution >= 0.6 is 11.6 Å². The van der Waals surface area contributed by atoms with Gasteiger partial charge < -0.3 is 14.8 Å². The van der Waals surface area contributed by atoms with Gasteiger partial charge in [0.25, 0.3) is 0 Å². The van der Waals surface area contributed by atoms with Gasteiger partial charge in [0.15, 0.2) is 11.5 Å². The molecular formula is C24H25ClN2O5S. The van der Waals surface area contributed by atoms with Gasteiger partial charge in [-0.25, -0.2) is 8.42 Å². The Morgan fingerprint density at radius 2 is 1.61 bits per heavy atom. The standard InChI is InChI=1S/C24H25ClN2O5S/c1-31-22-13-12-19(16-23(22)32-2)33(29,30)27(15-14-18-8-4-3-5-9-18)17-24(28)26-21-11-7-6-10-20(21)25/h3-13,16H,14-15,17H2,1-2H3,(H,26,28). The maximum atomic E-state index is 13.5. The molecule has 0 unspecified atom stereocenters. The van der Waals surface area contributed by atoms with Crippen LogP contribution in [0.1, 0.15) is 5.56 Å². The zero-order valence-electron chi connectivity index (χ0n) is 18.3. The number of carbonyl (C=O) groups is 1. The highest BCUT2D eigenvalue weighted by molar-refractivity contribution is 7.89. The molecule has 33 heavy (non-hydrogen) atoms. The van der Waals surface area contributed by atoms with Crippen LogP contribution in [-0.4, -0.2) is 45.9 Å². The third kappa shape index (κ3) is 6.25. The van der Waals surface area contributed by atoms with Crippen LogP contribution < -0.4 is 14.8 Å². The summed E-state index contributed by atoms with van der Waals surface area (Å²) < 4.78 is 38.6. The number of carbonyl (C=O) groups excluding carboxylic acids is 1. The van der Waals surface area contributed by atoms with Crippen LogP contribution in [0.3, 0.4) is 0 Å². The molecule has 0 aliphatic heterocycles. The van der Waals surface area contributed by atoms with Crippen LogP contribution in [0, 0.1) is 0 Å². The Morgan fingerprint density at radius 1 is 0.939 bits per heavy atom. The summed E-state index contributed by atoms with van der Waals surface area (Å²) in [6, 6.07) is 20.6. The molecule has 0 fully saturated rings. The number of nitrogens with one attached hydrogen (secondary N) is 1. The van der Waals surface area contributed by atoms with Gasteiger partial charge in [-0.05, 0) is 36.2 Å². The fourth-order valence-electron chi connectivity index (χ4n) is 3.22. The molecular weight excluding hydrogens is 464 g/mol. The van der Waals surface area contributed by atoms with E-state index in [9.17, 15) is 13.2 Å². The number of amides is 1. The highest BCUT2D eigenvalue weighted by Gasteiger charge is 2.28. The lowest BCUT2D eigenvalue weighted by molar-refractivity contribution is -0.116. The number of hydrogen-bond donors (Lipinski definition) is 1. The Kier molecular flexibility index (Phi) is 8.32. The van der Waals surface area contributed by atoms with Crippen molar-refractivity contribution in [2.75, 3.05) is 32.6 Å². The molecule has 9 heteroatoms. The first kappa shape index (κ1) is 24.6. The topological polar surface area (TPSA) is 84.9 Å². The van der Waals surface area contributed by atoms with E-state index in [1.807, 2.05) is 30.3 Å². The fourth-order valence-corrected chi connectivity index (χ4v) is 4.82. The molecule has 0 radical (unpaired) electrons. The molecule has 0 saturated heterocycles. The summed E-state index contributed by atoms with van der Waals surface area (Å²) in [4.78, 5) is 12.8. The maximum Gasteiger partial charge on any atom is 0.243 e. The number of nitrogens with zero attached hydrogens (tertiary/aromatic N) is 1. The molecule has 1 amide bonds. The lowest BCUT2D eigenvalue weighted by Gasteiger charge is -2.22. The van der Waals surface area contributed by atoms with Crippen molar-refractivity contribution in [2.24, 2.45) is 0 Å². The highest BCUT2D eigenvalue weighted by atomic mass is 35.5. The lowest BCUT2D eigenvalue weighted by atomic mass is 10.1. The molecule has 7 nitrogen and oxygen atoms in total. The van der Waals surface area contributed by atoms with Crippen molar-refractivity contribution in [2.45, 2.75) is 11.3 Å². The summed E-state index contributed by atoms with van der Waals surface area (Å²) in [5, 5.41) is 3.05. The number of para-hydroxylation sites is 1. The van der Waals surface area contributed by atoms with Gasteiger partial charge in [-0.3, -0.25) is 4.79 Å². The highest BCUT2D eigenvalue weighted by Crippen LogP contribution is 2.31.